The van der Waals surface area contributed by atoms with Gasteiger partial charge in [0.2, 0.25) is 5.36 Å². The second-order valence-corrected chi connectivity index (χ2v) is 11.6. The zero-order valence-corrected chi connectivity index (χ0v) is 22.8. The SMILES string of the molecule is COC(=O)C1C[N+](=c2ccc3c(-c4cc(C(C)(C)C)ccc4C(=O)O)c4ccc(N5CCC5)cc4oc-3c2)C1. The molecule has 1 N–H and O–H groups in total. The number of esters is 1. The number of anilines is 1. The van der Waals surface area contributed by atoms with Crippen LogP contribution in [0.2, 0.25) is 0 Å². The fraction of sp³-hybridized carbons (Fsp3) is 0.344. The van der Waals surface area contributed by atoms with Crippen LogP contribution >= 0.6 is 0 Å². The van der Waals surface area contributed by atoms with Crippen molar-refractivity contribution in [2.75, 3.05) is 38.2 Å². The summed E-state index contributed by atoms with van der Waals surface area (Å²) in [7, 11) is 1.42. The maximum Gasteiger partial charge on any atom is 0.336 e. The maximum atomic E-state index is 12.4. The van der Waals surface area contributed by atoms with Crippen LogP contribution < -0.4 is 14.8 Å². The fourth-order valence-electron chi connectivity index (χ4n) is 5.53. The van der Waals surface area contributed by atoms with Crippen LogP contribution in [0.5, 0.6) is 0 Å². The lowest BCUT2D eigenvalue weighted by molar-refractivity contribution is -0.147. The average molecular weight is 526 g/mol. The lowest BCUT2D eigenvalue weighted by atomic mass is 9.82. The van der Waals surface area contributed by atoms with Gasteiger partial charge in [0.1, 0.15) is 11.3 Å². The van der Waals surface area contributed by atoms with Crippen molar-refractivity contribution in [3.63, 3.8) is 0 Å². The highest BCUT2D eigenvalue weighted by molar-refractivity contribution is 6.08. The lowest BCUT2D eigenvalue weighted by Crippen LogP contribution is -2.52. The van der Waals surface area contributed by atoms with Crippen molar-refractivity contribution in [2.24, 2.45) is 5.92 Å². The second kappa shape index (κ2) is 9.26. The van der Waals surface area contributed by atoms with E-state index in [9.17, 15) is 14.7 Å². The summed E-state index contributed by atoms with van der Waals surface area (Å²) >= 11 is 0. The largest absolute Gasteiger partial charge is 0.478 e. The highest BCUT2D eigenvalue weighted by atomic mass is 16.5. The number of nitrogens with zero attached hydrogens (tertiary/aromatic N) is 2. The number of methoxy groups -OCH3 is 1. The van der Waals surface area contributed by atoms with E-state index in [1.807, 2.05) is 30.3 Å². The standard InChI is InChI=1S/C32H32N2O5/c1-32(2,3)20-6-9-23(30(35)36)26(14-20)29-24-10-7-21(33-12-5-13-33)15-27(24)39-28-16-22(8-11-25(28)29)34-17-19(18-34)31(37)38-4/h6-11,14-16,19H,5,12-13,17-18H2,1-4H3/p+1. The van der Waals surface area contributed by atoms with Crippen molar-refractivity contribution in [1.29, 1.82) is 0 Å². The monoisotopic (exact) mass is 525 g/mol. The molecule has 6 rings (SSSR count). The number of ether oxygens (including phenoxy) is 1. The number of carbonyl (C=O) groups is 2. The van der Waals surface area contributed by atoms with Crippen LogP contribution in [0, 0.1) is 5.92 Å². The Bertz CT molecular complexity index is 1660. The van der Waals surface area contributed by atoms with Gasteiger partial charge in [0.25, 0.3) is 0 Å². The number of rotatable bonds is 4. The summed E-state index contributed by atoms with van der Waals surface area (Å²) in [5.74, 6) is -0.610. The number of hydrogen-bond acceptors (Lipinski definition) is 5. The van der Waals surface area contributed by atoms with Crippen molar-refractivity contribution in [3.05, 3.63) is 71.1 Å². The van der Waals surface area contributed by atoms with Gasteiger partial charge in [0.15, 0.2) is 19.0 Å². The number of fused-ring (bicyclic) bond motifs is 2. The second-order valence-electron chi connectivity index (χ2n) is 11.6. The van der Waals surface area contributed by atoms with Crippen LogP contribution in [0.15, 0.2) is 59.0 Å². The van der Waals surface area contributed by atoms with Gasteiger partial charge in [-0.3, -0.25) is 4.79 Å². The average Bonchev–Trinajstić information content (AvgIpc) is 2.84. The summed E-state index contributed by atoms with van der Waals surface area (Å²) < 4.78 is 13.5. The summed E-state index contributed by atoms with van der Waals surface area (Å²) in [5, 5.41) is 12.0. The summed E-state index contributed by atoms with van der Waals surface area (Å²) in [6.07, 6.45) is 1.17. The summed E-state index contributed by atoms with van der Waals surface area (Å²) in [4.78, 5) is 26.7. The first-order valence-electron chi connectivity index (χ1n) is 13.4. The first kappa shape index (κ1) is 25.2. The van der Waals surface area contributed by atoms with E-state index in [0.717, 1.165) is 46.2 Å². The number of benzene rings is 3. The Kier molecular flexibility index (Phi) is 5.97. The van der Waals surface area contributed by atoms with Gasteiger partial charge in [-0.15, -0.1) is 0 Å². The highest BCUT2D eigenvalue weighted by Crippen LogP contribution is 2.43. The zero-order chi connectivity index (χ0) is 27.5. The molecule has 3 aliphatic heterocycles. The van der Waals surface area contributed by atoms with Crippen LogP contribution in [0.3, 0.4) is 0 Å². The molecule has 1 aliphatic carbocycles. The molecule has 0 radical (unpaired) electrons. The smallest absolute Gasteiger partial charge is 0.336 e. The van der Waals surface area contributed by atoms with E-state index in [1.165, 1.54) is 13.5 Å². The Morgan fingerprint density at radius 1 is 1.00 bits per heavy atom. The maximum absolute atomic E-state index is 12.4. The Morgan fingerprint density at radius 3 is 2.41 bits per heavy atom. The van der Waals surface area contributed by atoms with Crippen molar-refractivity contribution in [2.45, 2.75) is 32.6 Å². The molecule has 0 unspecified atom stereocenters. The molecule has 39 heavy (non-hydrogen) atoms. The van der Waals surface area contributed by atoms with Crippen molar-refractivity contribution < 1.29 is 23.8 Å². The van der Waals surface area contributed by atoms with Gasteiger partial charge in [-0.05, 0) is 53.3 Å². The van der Waals surface area contributed by atoms with Gasteiger partial charge in [-0.2, -0.15) is 0 Å². The number of carboxylic acids is 1. The molecule has 0 spiro atoms. The number of hydrogen-bond donors (Lipinski definition) is 1. The fourth-order valence-corrected chi connectivity index (χ4v) is 5.53. The van der Waals surface area contributed by atoms with Crippen molar-refractivity contribution in [3.8, 4) is 22.5 Å². The first-order chi connectivity index (χ1) is 18.6. The Labute approximate surface area is 227 Å². The molecule has 2 fully saturated rings. The number of carboxylic acid groups (broad SMARTS) is 1. The summed E-state index contributed by atoms with van der Waals surface area (Å²) in [6.45, 7) is 9.60. The minimum atomic E-state index is -0.962. The Balaban J connectivity index is 1.62. The van der Waals surface area contributed by atoms with Crippen LogP contribution in [0.1, 0.15) is 43.1 Å². The van der Waals surface area contributed by atoms with Crippen LogP contribution in [-0.2, 0) is 14.9 Å². The molecule has 0 saturated carbocycles. The molecule has 0 aromatic heterocycles. The molecule has 200 valence electrons. The van der Waals surface area contributed by atoms with Crippen LogP contribution in [-0.4, -0.2) is 50.3 Å². The Hall–Kier alpha value is -4.13. The molecule has 3 heterocycles. The zero-order valence-electron chi connectivity index (χ0n) is 22.8. The van der Waals surface area contributed by atoms with E-state index < -0.39 is 5.97 Å². The van der Waals surface area contributed by atoms with E-state index >= 15 is 0 Å². The molecule has 2 aromatic carbocycles. The highest BCUT2D eigenvalue weighted by Gasteiger charge is 2.38. The molecule has 0 atom stereocenters. The van der Waals surface area contributed by atoms with Gasteiger partial charge in [0, 0.05) is 47.4 Å². The summed E-state index contributed by atoms with van der Waals surface area (Å²) in [5.41, 5.74) is 5.37. The van der Waals surface area contributed by atoms with Crippen molar-refractivity contribution in [1.82, 2.24) is 4.58 Å². The molecule has 4 aliphatic rings. The molecule has 0 bridgehead atoms. The normalized spacial score (nSPS) is 17.2. The first-order valence-corrected chi connectivity index (χ1v) is 13.4. The van der Waals surface area contributed by atoms with Crippen molar-refractivity contribution >= 4 is 28.6 Å². The van der Waals surface area contributed by atoms with E-state index in [1.54, 1.807) is 6.07 Å². The van der Waals surface area contributed by atoms with E-state index in [0.29, 0.717) is 30.0 Å². The van der Waals surface area contributed by atoms with E-state index in [-0.39, 0.29) is 22.9 Å². The third-order valence-corrected chi connectivity index (χ3v) is 8.08. The van der Waals surface area contributed by atoms with Gasteiger partial charge in [0.05, 0.1) is 18.7 Å². The molecule has 2 saturated heterocycles. The molecule has 0 amide bonds. The quantitative estimate of drug-likeness (QED) is 0.230. The molecular weight excluding hydrogens is 492 g/mol. The van der Waals surface area contributed by atoms with Gasteiger partial charge < -0.3 is 19.2 Å². The number of carbonyl (C=O) groups excluding carboxylic acids is 1. The third-order valence-electron chi connectivity index (χ3n) is 8.08. The van der Waals surface area contributed by atoms with Gasteiger partial charge in [-0.1, -0.05) is 26.8 Å². The van der Waals surface area contributed by atoms with Gasteiger partial charge in [-0.25, -0.2) is 9.37 Å². The lowest BCUT2D eigenvalue weighted by Gasteiger charge is -2.33. The van der Waals surface area contributed by atoms with E-state index in [2.05, 4.69) is 48.4 Å². The van der Waals surface area contributed by atoms with E-state index in [4.69, 9.17) is 9.15 Å². The minimum Gasteiger partial charge on any atom is -0.478 e. The summed E-state index contributed by atoms with van der Waals surface area (Å²) in [6, 6.07) is 17.9. The minimum absolute atomic E-state index is 0.132. The van der Waals surface area contributed by atoms with Crippen LogP contribution in [0.4, 0.5) is 5.69 Å². The third kappa shape index (κ3) is 4.36. The number of aromatic carboxylic acids is 1. The Morgan fingerprint density at radius 2 is 1.77 bits per heavy atom. The van der Waals surface area contributed by atoms with Gasteiger partial charge >= 0.3 is 11.9 Å². The molecule has 2 aromatic rings. The predicted molar refractivity (Wildman–Crippen MR) is 151 cm³/mol. The molecular formula is C32H33N2O5+. The molecule has 7 nitrogen and oxygen atoms in total. The topological polar surface area (TPSA) is 83.0 Å². The molecule has 7 heteroatoms. The van der Waals surface area contributed by atoms with Crippen LogP contribution in [0.25, 0.3) is 33.4 Å². The predicted octanol–water partition coefficient (Wildman–Crippen LogP) is 4.99.